The van der Waals surface area contributed by atoms with E-state index in [9.17, 15) is 4.79 Å². The van der Waals surface area contributed by atoms with Gasteiger partial charge in [-0.3, -0.25) is 4.79 Å². The minimum absolute atomic E-state index is 0.0125. The van der Waals surface area contributed by atoms with E-state index >= 15 is 0 Å². The van der Waals surface area contributed by atoms with Crippen molar-refractivity contribution >= 4 is 5.97 Å². The van der Waals surface area contributed by atoms with Gasteiger partial charge in [0.25, 0.3) is 0 Å². The summed E-state index contributed by atoms with van der Waals surface area (Å²) in [7, 11) is 0. The van der Waals surface area contributed by atoms with Gasteiger partial charge in [0.1, 0.15) is 0 Å². The summed E-state index contributed by atoms with van der Waals surface area (Å²) in [5, 5.41) is 0. The van der Waals surface area contributed by atoms with E-state index in [1.54, 1.807) is 0 Å². The molecule has 0 aromatic rings. The third-order valence-corrected chi connectivity index (χ3v) is 5.09. The lowest BCUT2D eigenvalue weighted by Gasteiger charge is -2.38. The Balaban J connectivity index is 1.95. The SMILES string of the molecule is CC(C)[C@@H]1C[C@H](O[C@@H]2C[C@H](C)CC[C@H]2C(C)C)OC1=O. The van der Waals surface area contributed by atoms with Crippen molar-refractivity contribution < 1.29 is 14.3 Å². The zero-order chi connectivity index (χ0) is 14.9. The first-order valence-corrected chi connectivity index (χ1v) is 8.24. The van der Waals surface area contributed by atoms with Gasteiger partial charge in [-0.25, -0.2) is 0 Å². The van der Waals surface area contributed by atoms with Crippen LogP contribution in [-0.4, -0.2) is 18.4 Å². The molecule has 116 valence electrons. The van der Waals surface area contributed by atoms with Gasteiger partial charge in [0.15, 0.2) is 0 Å². The monoisotopic (exact) mass is 282 g/mol. The number of cyclic esters (lactones) is 1. The first-order chi connectivity index (χ1) is 9.38. The van der Waals surface area contributed by atoms with Crippen LogP contribution in [0.4, 0.5) is 0 Å². The molecule has 0 N–H and O–H groups in total. The van der Waals surface area contributed by atoms with Crippen molar-refractivity contribution in [3.63, 3.8) is 0 Å². The molecule has 0 bridgehead atoms. The van der Waals surface area contributed by atoms with E-state index in [0.29, 0.717) is 23.7 Å². The van der Waals surface area contributed by atoms with E-state index in [-0.39, 0.29) is 24.3 Å². The van der Waals surface area contributed by atoms with E-state index in [4.69, 9.17) is 9.47 Å². The molecule has 0 spiro atoms. The summed E-state index contributed by atoms with van der Waals surface area (Å²) in [6.45, 7) is 11.0. The molecule has 1 aliphatic carbocycles. The van der Waals surface area contributed by atoms with Gasteiger partial charge in [-0.1, -0.05) is 41.0 Å². The summed E-state index contributed by atoms with van der Waals surface area (Å²) in [5.41, 5.74) is 0. The highest BCUT2D eigenvalue weighted by Gasteiger charge is 2.40. The molecule has 0 unspecified atom stereocenters. The average Bonchev–Trinajstić information content (AvgIpc) is 2.70. The van der Waals surface area contributed by atoms with Gasteiger partial charge in [-0.05, 0) is 36.5 Å². The Kier molecular flexibility index (Phi) is 5.11. The molecule has 3 nitrogen and oxygen atoms in total. The molecule has 2 aliphatic rings. The Bertz CT molecular complexity index is 337. The lowest BCUT2D eigenvalue weighted by molar-refractivity contribution is -0.186. The van der Waals surface area contributed by atoms with Crippen molar-refractivity contribution in [1.82, 2.24) is 0 Å². The number of carbonyl (C=O) groups is 1. The fourth-order valence-electron chi connectivity index (χ4n) is 3.66. The van der Waals surface area contributed by atoms with Crippen molar-refractivity contribution in [3.8, 4) is 0 Å². The van der Waals surface area contributed by atoms with Gasteiger partial charge < -0.3 is 9.47 Å². The largest absolute Gasteiger partial charge is 0.435 e. The van der Waals surface area contributed by atoms with Crippen LogP contribution in [0.5, 0.6) is 0 Å². The number of esters is 1. The van der Waals surface area contributed by atoms with Gasteiger partial charge in [0.05, 0.1) is 12.0 Å². The fraction of sp³-hybridized carbons (Fsp3) is 0.941. The summed E-state index contributed by atoms with van der Waals surface area (Å²) in [6.07, 6.45) is 4.29. The second kappa shape index (κ2) is 6.46. The molecule has 1 saturated heterocycles. The van der Waals surface area contributed by atoms with Gasteiger partial charge in [0, 0.05) is 6.42 Å². The highest BCUT2D eigenvalue weighted by Crippen LogP contribution is 2.38. The van der Waals surface area contributed by atoms with Crippen LogP contribution >= 0.6 is 0 Å². The molecular weight excluding hydrogens is 252 g/mol. The van der Waals surface area contributed by atoms with Gasteiger partial charge in [-0.2, -0.15) is 0 Å². The first-order valence-electron chi connectivity index (χ1n) is 8.24. The second-order valence-corrected chi connectivity index (χ2v) is 7.45. The van der Waals surface area contributed by atoms with Gasteiger partial charge in [0.2, 0.25) is 6.29 Å². The van der Waals surface area contributed by atoms with Crippen molar-refractivity contribution in [1.29, 1.82) is 0 Å². The molecule has 2 rings (SSSR count). The quantitative estimate of drug-likeness (QED) is 0.731. The predicted octanol–water partition coefficient (Wildman–Crippen LogP) is 4.01. The van der Waals surface area contributed by atoms with Gasteiger partial charge in [-0.15, -0.1) is 0 Å². The highest BCUT2D eigenvalue weighted by atomic mass is 16.7. The third-order valence-electron chi connectivity index (χ3n) is 5.09. The number of rotatable bonds is 4. The van der Waals surface area contributed by atoms with Crippen LogP contribution in [0.25, 0.3) is 0 Å². The molecule has 0 aromatic carbocycles. The average molecular weight is 282 g/mol. The van der Waals surface area contributed by atoms with Crippen LogP contribution in [-0.2, 0) is 14.3 Å². The predicted molar refractivity (Wildman–Crippen MR) is 79.0 cm³/mol. The number of hydrogen-bond acceptors (Lipinski definition) is 3. The fourth-order valence-corrected chi connectivity index (χ4v) is 3.66. The lowest BCUT2D eigenvalue weighted by Crippen LogP contribution is -2.37. The van der Waals surface area contributed by atoms with Crippen LogP contribution < -0.4 is 0 Å². The minimum Gasteiger partial charge on any atom is -0.435 e. The molecule has 3 heteroatoms. The normalized spacial score (nSPS) is 38.5. The Morgan fingerprint density at radius 2 is 1.80 bits per heavy atom. The Labute approximate surface area is 123 Å². The topological polar surface area (TPSA) is 35.5 Å². The van der Waals surface area contributed by atoms with E-state index < -0.39 is 0 Å². The Hall–Kier alpha value is -0.570. The molecule has 1 saturated carbocycles. The van der Waals surface area contributed by atoms with Crippen molar-refractivity contribution in [2.45, 2.75) is 72.7 Å². The molecule has 2 fully saturated rings. The first kappa shape index (κ1) is 15.8. The zero-order valence-electron chi connectivity index (χ0n) is 13.6. The van der Waals surface area contributed by atoms with E-state index in [1.165, 1.54) is 12.8 Å². The summed E-state index contributed by atoms with van der Waals surface area (Å²) in [6, 6.07) is 0. The Morgan fingerprint density at radius 3 is 2.35 bits per heavy atom. The van der Waals surface area contributed by atoms with Gasteiger partial charge >= 0.3 is 5.97 Å². The minimum atomic E-state index is -0.313. The second-order valence-electron chi connectivity index (χ2n) is 7.45. The highest BCUT2D eigenvalue weighted by molar-refractivity contribution is 5.74. The maximum Gasteiger partial charge on any atom is 0.311 e. The summed E-state index contributed by atoms with van der Waals surface area (Å²) in [5.74, 6) is 2.22. The maximum atomic E-state index is 11.8. The molecule has 1 heterocycles. The molecule has 0 radical (unpaired) electrons. The third kappa shape index (κ3) is 3.55. The number of ether oxygens (including phenoxy) is 2. The zero-order valence-corrected chi connectivity index (χ0v) is 13.6. The van der Waals surface area contributed by atoms with E-state index in [1.807, 2.05) is 0 Å². The van der Waals surface area contributed by atoms with Crippen molar-refractivity contribution in [2.75, 3.05) is 0 Å². The standard InChI is InChI=1S/C17H30O3/c1-10(2)13-7-6-12(5)8-15(13)19-16-9-14(11(3)4)17(18)20-16/h10-16H,6-9H2,1-5H3/t12-,13+,14+,15-,16-/m1/s1. The van der Waals surface area contributed by atoms with Crippen LogP contribution in [0.15, 0.2) is 0 Å². The smallest absolute Gasteiger partial charge is 0.311 e. The summed E-state index contributed by atoms with van der Waals surface area (Å²) >= 11 is 0. The van der Waals surface area contributed by atoms with Crippen molar-refractivity contribution in [3.05, 3.63) is 0 Å². The summed E-state index contributed by atoms with van der Waals surface area (Å²) in [4.78, 5) is 11.8. The Morgan fingerprint density at radius 1 is 1.10 bits per heavy atom. The molecule has 0 aromatic heterocycles. The van der Waals surface area contributed by atoms with Crippen molar-refractivity contribution in [2.24, 2.45) is 29.6 Å². The van der Waals surface area contributed by atoms with E-state index in [0.717, 1.165) is 12.8 Å². The molecule has 0 amide bonds. The molecular formula is C17H30O3. The van der Waals surface area contributed by atoms with Crippen LogP contribution in [0.1, 0.15) is 60.3 Å². The number of carbonyl (C=O) groups excluding carboxylic acids is 1. The molecule has 20 heavy (non-hydrogen) atoms. The van der Waals surface area contributed by atoms with Crippen LogP contribution in [0.3, 0.4) is 0 Å². The van der Waals surface area contributed by atoms with E-state index in [2.05, 4.69) is 34.6 Å². The van der Waals surface area contributed by atoms with Crippen LogP contribution in [0, 0.1) is 29.6 Å². The lowest BCUT2D eigenvalue weighted by atomic mass is 9.75. The maximum absolute atomic E-state index is 11.8. The van der Waals surface area contributed by atoms with Crippen LogP contribution in [0.2, 0.25) is 0 Å². The molecule has 1 aliphatic heterocycles. The summed E-state index contributed by atoms with van der Waals surface area (Å²) < 4.78 is 11.6. The number of hydrogen-bond donors (Lipinski definition) is 0. The molecule has 5 atom stereocenters.